The molecular weight excluding hydrogens is 370 g/mol. The first-order chi connectivity index (χ1) is 14.6. The number of amides is 1. The highest BCUT2D eigenvalue weighted by Gasteiger charge is 2.37. The van der Waals surface area contributed by atoms with Crippen LogP contribution in [0, 0.1) is 0 Å². The van der Waals surface area contributed by atoms with Crippen LogP contribution in [0.3, 0.4) is 0 Å². The Balaban J connectivity index is 1.47. The number of nitrogens with one attached hydrogen (secondary N) is 2. The first-order valence-electron chi connectivity index (χ1n) is 11.9. The number of likely N-dealkylation sites (tertiary alicyclic amines) is 1. The molecule has 1 aliphatic carbocycles. The number of rotatable bonds is 6. The molecule has 1 aliphatic heterocycles. The summed E-state index contributed by atoms with van der Waals surface area (Å²) >= 11 is 0. The van der Waals surface area contributed by atoms with Crippen molar-refractivity contribution < 1.29 is 4.79 Å². The van der Waals surface area contributed by atoms with Gasteiger partial charge in [-0.05, 0) is 55.5 Å². The van der Waals surface area contributed by atoms with Gasteiger partial charge in [-0.2, -0.15) is 0 Å². The van der Waals surface area contributed by atoms with E-state index in [0.717, 1.165) is 19.5 Å². The van der Waals surface area contributed by atoms with Gasteiger partial charge in [0.2, 0.25) is 5.91 Å². The molecule has 162 valence electrons. The van der Waals surface area contributed by atoms with Crippen molar-refractivity contribution >= 4 is 16.7 Å². The highest BCUT2D eigenvalue weighted by Crippen LogP contribution is 2.25. The minimum atomic E-state index is -0.0536. The van der Waals surface area contributed by atoms with E-state index in [9.17, 15) is 4.79 Å². The Morgan fingerprint density at radius 2 is 1.73 bits per heavy atom. The van der Waals surface area contributed by atoms with E-state index in [4.69, 9.17) is 0 Å². The summed E-state index contributed by atoms with van der Waals surface area (Å²) in [4.78, 5) is 15.4. The Bertz CT molecular complexity index is 841. The minimum Gasteiger partial charge on any atom is -0.353 e. The second-order valence-corrected chi connectivity index (χ2v) is 9.58. The molecule has 2 fully saturated rings. The van der Waals surface area contributed by atoms with Crippen molar-refractivity contribution in [3.63, 3.8) is 0 Å². The predicted octanol–water partition coefficient (Wildman–Crippen LogP) is 4.62. The molecular formula is C26H37N3O. The third-order valence-electron chi connectivity index (χ3n) is 6.66. The molecule has 0 bridgehead atoms. The van der Waals surface area contributed by atoms with E-state index in [1.165, 1.54) is 54.9 Å². The van der Waals surface area contributed by atoms with Crippen molar-refractivity contribution in [3.05, 3.63) is 48.0 Å². The maximum absolute atomic E-state index is 13.0. The molecule has 2 aliphatic rings. The maximum Gasteiger partial charge on any atom is 0.237 e. The fourth-order valence-corrected chi connectivity index (χ4v) is 5.20. The summed E-state index contributed by atoms with van der Waals surface area (Å²) in [6.45, 7) is 5.85. The van der Waals surface area contributed by atoms with Crippen LogP contribution in [0.25, 0.3) is 10.8 Å². The summed E-state index contributed by atoms with van der Waals surface area (Å²) < 4.78 is 0. The van der Waals surface area contributed by atoms with Crippen LogP contribution in [0.5, 0.6) is 0 Å². The standard InChI is InChI=1S/C26H37N3O/c1-19(2)27-26(30)25-16-24(28-23-11-5-3-4-6-12-23)18-29(25)17-20-13-14-21-9-7-8-10-22(21)15-20/h7-10,13-15,19,23-25,28H,3-6,11-12,16-18H2,1-2H3,(H,27,30)/t24-,25+/m1/s1. The van der Waals surface area contributed by atoms with Gasteiger partial charge in [0.15, 0.2) is 0 Å². The van der Waals surface area contributed by atoms with Crippen LogP contribution < -0.4 is 10.6 Å². The summed E-state index contributed by atoms with van der Waals surface area (Å²) in [6, 6.07) is 16.3. The van der Waals surface area contributed by atoms with Crippen LogP contribution >= 0.6 is 0 Å². The van der Waals surface area contributed by atoms with Gasteiger partial charge in [0.25, 0.3) is 0 Å². The van der Waals surface area contributed by atoms with Gasteiger partial charge in [-0.25, -0.2) is 0 Å². The van der Waals surface area contributed by atoms with Crippen LogP contribution in [0.4, 0.5) is 0 Å². The first kappa shape index (κ1) is 21.3. The molecule has 1 saturated heterocycles. The smallest absolute Gasteiger partial charge is 0.237 e. The summed E-state index contributed by atoms with van der Waals surface area (Å²) in [5.74, 6) is 0.177. The van der Waals surface area contributed by atoms with Gasteiger partial charge in [-0.15, -0.1) is 0 Å². The largest absolute Gasteiger partial charge is 0.353 e. The minimum absolute atomic E-state index is 0.0536. The topological polar surface area (TPSA) is 44.4 Å². The summed E-state index contributed by atoms with van der Waals surface area (Å²) in [7, 11) is 0. The fourth-order valence-electron chi connectivity index (χ4n) is 5.20. The molecule has 4 heteroatoms. The van der Waals surface area contributed by atoms with Gasteiger partial charge in [0, 0.05) is 31.2 Å². The number of fused-ring (bicyclic) bond motifs is 1. The fraction of sp³-hybridized carbons (Fsp3) is 0.577. The molecule has 2 aromatic carbocycles. The average molecular weight is 408 g/mol. The molecule has 0 radical (unpaired) electrons. The zero-order valence-electron chi connectivity index (χ0n) is 18.6. The Kier molecular flexibility index (Phi) is 7.06. The SMILES string of the molecule is CC(C)NC(=O)[C@@H]1C[C@@H](NC2CCCCCC2)CN1Cc1ccc2ccccc2c1. The monoisotopic (exact) mass is 407 g/mol. The molecule has 0 unspecified atom stereocenters. The lowest BCUT2D eigenvalue weighted by Crippen LogP contribution is -2.45. The molecule has 2 N–H and O–H groups in total. The van der Waals surface area contributed by atoms with E-state index in [1.54, 1.807) is 0 Å². The maximum atomic E-state index is 13.0. The summed E-state index contributed by atoms with van der Waals surface area (Å²) in [5.41, 5.74) is 1.28. The Morgan fingerprint density at radius 3 is 2.47 bits per heavy atom. The van der Waals surface area contributed by atoms with Crippen molar-refractivity contribution in [2.24, 2.45) is 0 Å². The molecule has 1 amide bonds. The average Bonchev–Trinajstić information content (AvgIpc) is 2.93. The normalized spacial score (nSPS) is 23.7. The summed E-state index contributed by atoms with van der Waals surface area (Å²) in [5, 5.41) is 9.61. The van der Waals surface area contributed by atoms with Gasteiger partial charge in [0.05, 0.1) is 6.04 Å². The van der Waals surface area contributed by atoms with E-state index >= 15 is 0 Å². The predicted molar refractivity (Wildman–Crippen MR) is 124 cm³/mol. The first-order valence-corrected chi connectivity index (χ1v) is 11.9. The highest BCUT2D eigenvalue weighted by atomic mass is 16.2. The number of carbonyl (C=O) groups is 1. The second kappa shape index (κ2) is 9.93. The number of benzene rings is 2. The van der Waals surface area contributed by atoms with Gasteiger partial charge in [0.1, 0.15) is 0 Å². The molecule has 1 heterocycles. The molecule has 2 atom stereocenters. The molecule has 4 rings (SSSR count). The molecule has 30 heavy (non-hydrogen) atoms. The van der Waals surface area contributed by atoms with Crippen molar-refractivity contribution in [1.29, 1.82) is 0 Å². The van der Waals surface area contributed by atoms with E-state index in [2.05, 4.69) is 58.0 Å². The zero-order chi connectivity index (χ0) is 20.9. The summed E-state index contributed by atoms with van der Waals surface area (Å²) in [6.07, 6.45) is 8.88. The van der Waals surface area contributed by atoms with E-state index < -0.39 is 0 Å². The number of hydrogen-bond donors (Lipinski definition) is 2. The van der Waals surface area contributed by atoms with Crippen molar-refractivity contribution in [2.45, 2.75) is 89.5 Å². The lowest BCUT2D eigenvalue weighted by Gasteiger charge is -2.25. The van der Waals surface area contributed by atoms with Crippen LogP contribution in [-0.2, 0) is 11.3 Å². The van der Waals surface area contributed by atoms with Crippen LogP contribution in [0.15, 0.2) is 42.5 Å². The molecule has 0 aromatic heterocycles. The van der Waals surface area contributed by atoms with Gasteiger partial charge in [-0.3, -0.25) is 9.69 Å². The number of hydrogen-bond acceptors (Lipinski definition) is 3. The highest BCUT2D eigenvalue weighted by molar-refractivity contribution is 5.83. The Morgan fingerprint density at radius 1 is 1.00 bits per heavy atom. The zero-order valence-corrected chi connectivity index (χ0v) is 18.6. The van der Waals surface area contributed by atoms with Crippen LogP contribution in [0.1, 0.15) is 64.4 Å². The molecule has 1 saturated carbocycles. The lowest BCUT2D eigenvalue weighted by atomic mass is 10.1. The van der Waals surface area contributed by atoms with Crippen molar-refractivity contribution in [3.8, 4) is 0 Å². The van der Waals surface area contributed by atoms with E-state index in [-0.39, 0.29) is 18.0 Å². The van der Waals surface area contributed by atoms with Crippen molar-refractivity contribution in [2.75, 3.05) is 6.54 Å². The number of nitrogens with zero attached hydrogens (tertiary/aromatic N) is 1. The van der Waals surface area contributed by atoms with E-state index in [1.807, 2.05) is 13.8 Å². The van der Waals surface area contributed by atoms with Gasteiger partial charge >= 0.3 is 0 Å². The van der Waals surface area contributed by atoms with Gasteiger partial charge in [-0.1, -0.05) is 62.1 Å². The lowest BCUT2D eigenvalue weighted by molar-refractivity contribution is -0.126. The molecule has 4 nitrogen and oxygen atoms in total. The number of carbonyl (C=O) groups excluding carboxylic acids is 1. The second-order valence-electron chi connectivity index (χ2n) is 9.58. The molecule has 0 spiro atoms. The van der Waals surface area contributed by atoms with Gasteiger partial charge < -0.3 is 10.6 Å². The van der Waals surface area contributed by atoms with Crippen LogP contribution in [-0.4, -0.2) is 41.5 Å². The van der Waals surface area contributed by atoms with E-state index in [0.29, 0.717) is 12.1 Å². The Labute approximate surface area is 181 Å². The quantitative estimate of drug-likeness (QED) is 0.687. The third-order valence-corrected chi connectivity index (χ3v) is 6.66. The third kappa shape index (κ3) is 5.41. The van der Waals surface area contributed by atoms with Crippen molar-refractivity contribution in [1.82, 2.24) is 15.5 Å². The Hall–Kier alpha value is -1.91. The molecule has 2 aromatic rings. The van der Waals surface area contributed by atoms with Crippen LogP contribution in [0.2, 0.25) is 0 Å².